The van der Waals surface area contributed by atoms with Crippen LogP contribution in [-0.4, -0.2) is 49.4 Å². The molecule has 3 heterocycles. The molecule has 4 aromatic rings. The van der Waals surface area contributed by atoms with E-state index in [9.17, 15) is 4.39 Å². The molecule has 1 aliphatic rings. The lowest BCUT2D eigenvalue weighted by atomic mass is 10.1. The Balaban J connectivity index is 1.09. The first-order valence-electron chi connectivity index (χ1n) is 10.6. The molecule has 1 fully saturated rings. The Morgan fingerprint density at radius 1 is 1.03 bits per heavy atom. The maximum atomic E-state index is 14.0. The minimum atomic E-state index is -0.142. The minimum Gasteiger partial charge on any atom is -0.494 e. The predicted octanol–water partition coefficient (Wildman–Crippen LogP) is 5.29. The molecule has 0 saturated carbocycles. The maximum absolute atomic E-state index is 14.0. The molecule has 31 heavy (non-hydrogen) atoms. The van der Waals surface area contributed by atoms with Crippen molar-refractivity contribution in [3.63, 3.8) is 0 Å². The van der Waals surface area contributed by atoms with Crippen LogP contribution in [0.25, 0.3) is 21.5 Å². The Kier molecular flexibility index (Phi) is 5.86. The summed E-state index contributed by atoms with van der Waals surface area (Å²) >= 11 is 1.57. The average molecular weight is 438 g/mol. The van der Waals surface area contributed by atoms with Crippen molar-refractivity contribution < 1.29 is 13.7 Å². The van der Waals surface area contributed by atoms with Crippen molar-refractivity contribution >= 4 is 27.2 Å². The topological polar surface area (TPSA) is 41.7 Å². The van der Waals surface area contributed by atoms with Crippen LogP contribution in [0.5, 0.6) is 5.75 Å². The molecule has 1 saturated heterocycles. The number of rotatable bonds is 7. The van der Waals surface area contributed by atoms with Gasteiger partial charge >= 0.3 is 0 Å². The zero-order valence-electron chi connectivity index (χ0n) is 17.2. The van der Waals surface area contributed by atoms with E-state index in [1.165, 1.54) is 6.07 Å². The molecular weight excluding hydrogens is 413 g/mol. The van der Waals surface area contributed by atoms with Crippen LogP contribution in [0, 0.1) is 5.82 Å². The van der Waals surface area contributed by atoms with Gasteiger partial charge in [0, 0.05) is 38.3 Å². The van der Waals surface area contributed by atoms with Crippen LogP contribution in [0.2, 0.25) is 0 Å². The van der Waals surface area contributed by atoms with Gasteiger partial charge in [0.15, 0.2) is 10.6 Å². The summed E-state index contributed by atoms with van der Waals surface area (Å²) in [5, 5.41) is 7.17. The lowest BCUT2D eigenvalue weighted by Gasteiger charge is -2.36. The number of thiophene rings is 1. The van der Waals surface area contributed by atoms with Gasteiger partial charge in [-0.15, -0.1) is 11.3 Å². The first kappa shape index (κ1) is 20.0. The molecule has 0 bridgehead atoms. The van der Waals surface area contributed by atoms with Gasteiger partial charge in [0.25, 0.3) is 0 Å². The van der Waals surface area contributed by atoms with Crippen molar-refractivity contribution in [2.45, 2.75) is 6.42 Å². The van der Waals surface area contributed by atoms with Crippen molar-refractivity contribution in [2.24, 2.45) is 0 Å². The van der Waals surface area contributed by atoms with Gasteiger partial charge in [0.1, 0.15) is 11.6 Å². The summed E-state index contributed by atoms with van der Waals surface area (Å²) < 4.78 is 25.5. The van der Waals surface area contributed by atoms with Gasteiger partial charge in [0.05, 0.1) is 17.7 Å². The van der Waals surface area contributed by atoms with E-state index >= 15 is 0 Å². The van der Waals surface area contributed by atoms with Crippen LogP contribution in [0.15, 0.2) is 64.5 Å². The van der Waals surface area contributed by atoms with E-state index in [-0.39, 0.29) is 5.82 Å². The summed E-state index contributed by atoms with van der Waals surface area (Å²) in [6, 6.07) is 17.0. The highest BCUT2D eigenvalue weighted by Crippen LogP contribution is 2.33. The number of halogens is 1. The normalized spacial score (nSPS) is 14.9. The number of anilines is 1. The third-order valence-corrected chi connectivity index (χ3v) is 6.45. The number of piperazine rings is 1. The summed E-state index contributed by atoms with van der Waals surface area (Å²) in [5.41, 5.74) is 1.68. The number of benzene rings is 2. The highest BCUT2D eigenvalue weighted by atomic mass is 32.1. The Labute approximate surface area is 184 Å². The van der Waals surface area contributed by atoms with Gasteiger partial charge in [-0.1, -0.05) is 29.4 Å². The summed E-state index contributed by atoms with van der Waals surface area (Å²) in [6.07, 6.45) is 0.945. The molecular formula is C24H24FN3O2S. The monoisotopic (exact) mass is 437 g/mol. The summed E-state index contributed by atoms with van der Waals surface area (Å²) in [4.78, 5) is 5.46. The van der Waals surface area contributed by atoms with Crippen LogP contribution >= 0.6 is 11.3 Å². The predicted molar refractivity (Wildman–Crippen MR) is 122 cm³/mol. The zero-order chi connectivity index (χ0) is 21.0. The van der Waals surface area contributed by atoms with Crippen molar-refractivity contribution in [2.75, 3.05) is 44.2 Å². The van der Waals surface area contributed by atoms with Crippen LogP contribution in [0.3, 0.4) is 0 Å². The molecule has 5 rings (SSSR count). The second-order valence-electron chi connectivity index (χ2n) is 7.66. The molecule has 2 aromatic heterocycles. The van der Waals surface area contributed by atoms with E-state index in [0.717, 1.165) is 66.4 Å². The van der Waals surface area contributed by atoms with Gasteiger partial charge < -0.3 is 14.2 Å². The molecule has 7 heteroatoms. The van der Waals surface area contributed by atoms with Crippen molar-refractivity contribution in [3.8, 4) is 17.1 Å². The van der Waals surface area contributed by atoms with Gasteiger partial charge in [0.2, 0.25) is 0 Å². The van der Waals surface area contributed by atoms with E-state index in [0.29, 0.717) is 12.3 Å². The molecule has 1 aliphatic heterocycles. The number of nitrogens with zero attached hydrogens (tertiary/aromatic N) is 3. The number of hydrogen-bond donors (Lipinski definition) is 0. The summed E-state index contributed by atoms with van der Waals surface area (Å²) in [6.45, 7) is 5.19. The van der Waals surface area contributed by atoms with E-state index in [1.54, 1.807) is 17.4 Å². The van der Waals surface area contributed by atoms with Gasteiger partial charge in [-0.3, -0.25) is 4.90 Å². The fraction of sp³-hybridized carbons (Fsp3) is 0.292. The first-order valence-corrected chi connectivity index (χ1v) is 11.4. The standard InChI is InChI=1S/C24H24FN3O2S/c25-21-7-1-2-8-22(21)28-13-11-27(12-14-28)10-4-15-29-19-6-3-5-18(17-19)23-20-9-16-31-24(20)26-30-23/h1-3,5-9,16-17H,4,10-15H2. The van der Waals surface area contributed by atoms with E-state index in [2.05, 4.69) is 15.0 Å². The maximum Gasteiger partial charge on any atom is 0.175 e. The Morgan fingerprint density at radius 2 is 1.90 bits per heavy atom. The highest BCUT2D eigenvalue weighted by Gasteiger charge is 2.19. The highest BCUT2D eigenvalue weighted by molar-refractivity contribution is 7.16. The number of ether oxygens (including phenoxy) is 1. The second-order valence-corrected chi connectivity index (χ2v) is 8.56. The fourth-order valence-corrected chi connectivity index (χ4v) is 4.72. The van der Waals surface area contributed by atoms with Crippen LogP contribution < -0.4 is 9.64 Å². The van der Waals surface area contributed by atoms with E-state index in [1.807, 2.05) is 47.8 Å². The first-order chi connectivity index (χ1) is 15.3. The molecule has 5 nitrogen and oxygen atoms in total. The minimum absolute atomic E-state index is 0.142. The third-order valence-electron chi connectivity index (χ3n) is 5.66. The number of aromatic nitrogens is 1. The zero-order valence-corrected chi connectivity index (χ0v) is 18.0. The average Bonchev–Trinajstić information content (AvgIpc) is 3.42. The van der Waals surface area contributed by atoms with Crippen molar-refractivity contribution in [1.29, 1.82) is 0 Å². The molecule has 0 unspecified atom stereocenters. The van der Waals surface area contributed by atoms with Gasteiger partial charge in [-0.2, -0.15) is 0 Å². The Hall–Kier alpha value is -2.90. The molecule has 0 radical (unpaired) electrons. The molecule has 0 atom stereocenters. The smallest absolute Gasteiger partial charge is 0.175 e. The molecule has 2 aromatic carbocycles. The second kappa shape index (κ2) is 9.08. The van der Waals surface area contributed by atoms with Crippen LogP contribution in [-0.2, 0) is 0 Å². The molecule has 0 spiro atoms. The fourth-order valence-electron chi connectivity index (χ4n) is 4.02. The lowest BCUT2D eigenvalue weighted by molar-refractivity contribution is 0.224. The molecule has 0 amide bonds. The third kappa shape index (κ3) is 4.43. The van der Waals surface area contributed by atoms with Gasteiger partial charge in [-0.25, -0.2) is 4.39 Å². The SMILES string of the molecule is Fc1ccccc1N1CCN(CCCOc2cccc(-c3onc4sccc34)c2)CC1. The largest absolute Gasteiger partial charge is 0.494 e. The van der Waals surface area contributed by atoms with Crippen molar-refractivity contribution in [1.82, 2.24) is 10.1 Å². The van der Waals surface area contributed by atoms with Crippen molar-refractivity contribution in [3.05, 3.63) is 65.8 Å². The quantitative estimate of drug-likeness (QED) is 0.368. The molecule has 0 N–H and O–H groups in total. The van der Waals surface area contributed by atoms with Gasteiger partial charge in [-0.05, 0) is 42.1 Å². The Bertz CT molecular complexity index is 1150. The summed E-state index contributed by atoms with van der Waals surface area (Å²) in [7, 11) is 0. The van der Waals surface area contributed by atoms with Crippen LogP contribution in [0.4, 0.5) is 10.1 Å². The van der Waals surface area contributed by atoms with E-state index < -0.39 is 0 Å². The number of hydrogen-bond acceptors (Lipinski definition) is 6. The molecule has 0 aliphatic carbocycles. The Morgan fingerprint density at radius 3 is 2.77 bits per heavy atom. The number of fused-ring (bicyclic) bond motifs is 1. The number of para-hydroxylation sites is 1. The van der Waals surface area contributed by atoms with E-state index in [4.69, 9.17) is 9.26 Å². The summed E-state index contributed by atoms with van der Waals surface area (Å²) in [5.74, 6) is 1.48. The molecule has 160 valence electrons. The lowest BCUT2D eigenvalue weighted by Crippen LogP contribution is -2.47. The van der Waals surface area contributed by atoms with Crippen LogP contribution in [0.1, 0.15) is 6.42 Å².